The molecule has 0 saturated carbocycles. The highest BCUT2D eigenvalue weighted by atomic mass is 35.5. The largest absolute Gasteiger partial charge is 0.454 e. The lowest BCUT2D eigenvalue weighted by atomic mass is 10.1. The third-order valence-corrected chi connectivity index (χ3v) is 7.50. The topological polar surface area (TPSA) is 75.7 Å². The first-order valence-corrected chi connectivity index (χ1v) is 11.4. The van der Waals surface area contributed by atoms with Crippen LogP contribution >= 0.6 is 11.6 Å². The number of nitrogens with zero attached hydrogens (tertiary/aromatic N) is 1. The molecule has 0 unspecified atom stereocenters. The maximum Gasteiger partial charge on any atom is 0.265 e. The Morgan fingerprint density at radius 3 is 2.32 bits per heavy atom. The van der Waals surface area contributed by atoms with Gasteiger partial charge in [-0.15, -0.1) is 0 Å². The predicted molar refractivity (Wildman–Crippen MR) is 122 cm³/mol. The van der Waals surface area contributed by atoms with Gasteiger partial charge in [0.1, 0.15) is 10.6 Å². The van der Waals surface area contributed by atoms with Gasteiger partial charge in [0.25, 0.3) is 15.9 Å². The minimum Gasteiger partial charge on any atom is -0.454 e. The van der Waals surface area contributed by atoms with E-state index in [0.717, 1.165) is 16.7 Å². The predicted octanol–water partition coefficient (Wildman–Crippen LogP) is 5.45. The Kier molecular flexibility index (Phi) is 5.19. The number of nitrogens with one attached hydrogen (secondary N) is 1. The third-order valence-electron chi connectivity index (χ3n) is 5.27. The molecule has 0 fully saturated rings. The average molecular weight is 457 g/mol. The minimum atomic E-state index is -4.04. The smallest absolute Gasteiger partial charge is 0.265 e. The quantitative estimate of drug-likeness (QED) is 0.568. The summed E-state index contributed by atoms with van der Waals surface area (Å²) in [5.41, 5.74) is 3.73. The number of halogens is 1. The zero-order valence-corrected chi connectivity index (χ0v) is 19.1. The summed E-state index contributed by atoms with van der Waals surface area (Å²) >= 11 is 6.39. The van der Waals surface area contributed by atoms with Gasteiger partial charge in [-0.05, 0) is 55.7 Å². The van der Waals surface area contributed by atoms with E-state index in [1.807, 2.05) is 45.0 Å². The number of carbonyl (C=O) groups excluding carboxylic acids is 1. The summed E-state index contributed by atoms with van der Waals surface area (Å²) in [6, 6.07) is 13.6. The van der Waals surface area contributed by atoms with Gasteiger partial charge in [0.15, 0.2) is 5.75 Å². The molecule has 1 N–H and O–H groups in total. The molecule has 160 valence electrons. The fraction of sp³-hybridized carbons (Fsp3) is 0.174. The molecule has 0 aliphatic carbocycles. The van der Waals surface area contributed by atoms with Crippen molar-refractivity contribution < 1.29 is 17.9 Å². The van der Waals surface area contributed by atoms with Crippen LogP contribution in [0.4, 0.5) is 11.4 Å². The van der Waals surface area contributed by atoms with Crippen molar-refractivity contribution >= 4 is 38.9 Å². The number of rotatable bonds is 3. The van der Waals surface area contributed by atoms with Gasteiger partial charge in [0.2, 0.25) is 0 Å². The summed E-state index contributed by atoms with van der Waals surface area (Å²) in [6.07, 6.45) is 0. The summed E-state index contributed by atoms with van der Waals surface area (Å²) in [6.45, 7) is 5.58. The Balaban J connectivity index is 1.83. The monoisotopic (exact) mass is 456 g/mol. The van der Waals surface area contributed by atoms with Crippen LogP contribution in [0, 0.1) is 20.8 Å². The fourth-order valence-corrected chi connectivity index (χ4v) is 5.55. The van der Waals surface area contributed by atoms with E-state index >= 15 is 0 Å². The molecule has 0 bridgehead atoms. The Morgan fingerprint density at radius 2 is 1.65 bits per heavy atom. The van der Waals surface area contributed by atoms with Crippen molar-refractivity contribution in [3.8, 4) is 11.5 Å². The summed E-state index contributed by atoms with van der Waals surface area (Å²) in [4.78, 5) is 12.7. The van der Waals surface area contributed by atoms with E-state index in [2.05, 4.69) is 5.32 Å². The highest BCUT2D eigenvalue weighted by Gasteiger charge is 2.30. The lowest BCUT2D eigenvalue weighted by molar-refractivity contribution is 0.102. The van der Waals surface area contributed by atoms with Crippen LogP contribution in [0.3, 0.4) is 0 Å². The summed E-state index contributed by atoms with van der Waals surface area (Å²) in [7, 11) is -2.57. The van der Waals surface area contributed by atoms with Gasteiger partial charge in [0.05, 0.1) is 22.0 Å². The lowest BCUT2D eigenvalue weighted by Crippen LogP contribution is -2.28. The number of carbonyl (C=O) groups is 1. The van der Waals surface area contributed by atoms with Crippen LogP contribution in [0.1, 0.15) is 27.0 Å². The molecule has 3 aromatic rings. The molecular formula is C23H21ClN2O4S. The highest BCUT2D eigenvalue weighted by Crippen LogP contribution is 2.40. The van der Waals surface area contributed by atoms with Gasteiger partial charge in [-0.3, -0.25) is 9.10 Å². The van der Waals surface area contributed by atoms with Crippen LogP contribution in [0.2, 0.25) is 5.02 Å². The van der Waals surface area contributed by atoms with Crippen LogP contribution in [0.15, 0.2) is 53.4 Å². The van der Waals surface area contributed by atoms with Gasteiger partial charge < -0.3 is 10.1 Å². The van der Waals surface area contributed by atoms with Crippen molar-refractivity contribution in [1.29, 1.82) is 0 Å². The summed E-state index contributed by atoms with van der Waals surface area (Å²) in [5, 5.41) is 2.75. The maximum absolute atomic E-state index is 13.5. The van der Waals surface area contributed by atoms with E-state index in [0.29, 0.717) is 17.1 Å². The van der Waals surface area contributed by atoms with Crippen molar-refractivity contribution in [3.05, 3.63) is 75.8 Å². The number of anilines is 2. The molecule has 0 spiro atoms. The van der Waals surface area contributed by atoms with E-state index in [4.69, 9.17) is 16.3 Å². The molecule has 1 aliphatic heterocycles. The van der Waals surface area contributed by atoms with Gasteiger partial charge in [-0.25, -0.2) is 8.42 Å². The molecule has 1 heterocycles. The molecule has 8 heteroatoms. The van der Waals surface area contributed by atoms with Gasteiger partial charge in [-0.2, -0.15) is 0 Å². The Bertz CT molecular complexity index is 1320. The number of benzene rings is 3. The third kappa shape index (κ3) is 3.64. The molecule has 4 rings (SSSR count). The van der Waals surface area contributed by atoms with Crippen LogP contribution in [0.5, 0.6) is 11.5 Å². The number of hydrogen-bond donors (Lipinski definition) is 1. The first-order chi connectivity index (χ1) is 14.6. The molecule has 1 aliphatic rings. The highest BCUT2D eigenvalue weighted by molar-refractivity contribution is 7.93. The SMILES string of the molecule is Cc1ccc2c(c1)NC(=O)c1cc(S(=O)(=O)N(C)c3c(C)cccc3C)c(Cl)cc1O2. The molecule has 0 atom stereocenters. The number of fused-ring (bicyclic) bond motifs is 2. The van der Waals surface area contributed by atoms with Crippen molar-refractivity contribution in [3.63, 3.8) is 0 Å². The number of ether oxygens (including phenoxy) is 1. The van der Waals surface area contributed by atoms with Crippen molar-refractivity contribution in [2.24, 2.45) is 0 Å². The first kappa shape index (κ1) is 21.2. The number of hydrogen-bond acceptors (Lipinski definition) is 4. The van der Waals surface area contributed by atoms with E-state index in [9.17, 15) is 13.2 Å². The number of para-hydroxylation sites is 1. The molecule has 0 saturated heterocycles. The van der Waals surface area contributed by atoms with Crippen LogP contribution in [-0.4, -0.2) is 21.4 Å². The second-order valence-electron chi connectivity index (χ2n) is 7.55. The molecule has 1 amide bonds. The normalized spacial score (nSPS) is 12.9. The van der Waals surface area contributed by atoms with Crippen LogP contribution in [-0.2, 0) is 10.0 Å². The molecule has 3 aromatic carbocycles. The minimum absolute atomic E-state index is 0.0276. The Hall–Kier alpha value is -3.03. The molecular weight excluding hydrogens is 436 g/mol. The van der Waals surface area contributed by atoms with E-state index in [-0.39, 0.29) is 21.2 Å². The van der Waals surface area contributed by atoms with Gasteiger partial charge >= 0.3 is 0 Å². The van der Waals surface area contributed by atoms with E-state index in [1.54, 1.807) is 12.1 Å². The van der Waals surface area contributed by atoms with Crippen LogP contribution in [0.25, 0.3) is 0 Å². The Labute approximate surface area is 186 Å². The maximum atomic E-state index is 13.5. The van der Waals surface area contributed by atoms with Crippen molar-refractivity contribution in [2.45, 2.75) is 25.7 Å². The van der Waals surface area contributed by atoms with E-state index < -0.39 is 15.9 Å². The number of sulfonamides is 1. The van der Waals surface area contributed by atoms with Gasteiger partial charge in [-0.1, -0.05) is 35.9 Å². The molecule has 0 radical (unpaired) electrons. The average Bonchev–Trinajstić information content (AvgIpc) is 2.82. The van der Waals surface area contributed by atoms with E-state index in [1.165, 1.54) is 23.5 Å². The first-order valence-electron chi connectivity index (χ1n) is 9.58. The van der Waals surface area contributed by atoms with Crippen molar-refractivity contribution in [1.82, 2.24) is 0 Å². The Morgan fingerprint density at radius 1 is 0.968 bits per heavy atom. The number of aryl methyl sites for hydroxylation is 3. The van der Waals surface area contributed by atoms with Gasteiger partial charge in [0, 0.05) is 13.1 Å². The summed E-state index contributed by atoms with van der Waals surface area (Å²) in [5.74, 6) is 0.179. The second kappa shape index (κ2) is 7.59. The molecule has 0 aromatic heterocycles. The number of amides is 1. The fourth-order valence-electron chi connectivity index (χ4n) is 3.70. The zero-order valence-electron chi connectivity index (χ0n) is 17.5. The van der Waals surface area contributed by atoms with Crippen molar-refractivity contribution in [2.75, 3.05) is 16.7 Å². The summed E-state index contributed by atoms with van der Waals surface area (Å²) < 4.78 is 34.0. The molecule has 31 heavy (non-hydrogen) atoms. The zero-order chi connectivity index (χ0) is 22.5. The van der Waals surface area contributed by atoms with Crippen LogP contribution < -0.4 is 14.4 Å². The lowest BCUT2D eigenvalue weighted by Gasteiger charge is -2.24. The second-order valence-corrected chi connectivity index (χ2v) is 9.89. The standard InChI is InChI=1S/C23H21ClN2O4S/c1-13-8-9-19-18(10-13)25-23(27)16-11-21(17(24)12-20(16)30-19)31(28,29)26(4)22-14(2)6-5-7-15(22)3/h5-12H,1-4H3,(H,25,27). The molecule has 6 nitrogen and oxygen atoms in total.